The molecule has 0 aromatic heterocycles. The van der Waals surface area contributed by atoms with E-state index in [1.54, 1.807) is 39.2 Å². The van der Waals surface area contributed by atoms with Gasteiger partial charge in [-0.05, 0) is 47.5 Å². The molecule has 6 nitrogen and oxygen atoms in total. The number of carbonyl (C=O) groups is 1. The Morgan fingerprint density at radius 1 is 1.50 bits per heavy atom. The summed E-state index contributed by atoms with van der Waals surface area (Å²) in [6.45, 7) is 3.56. The highest BCUT2D eigenvalue weighted by molar-refractivity contribution is 9.10. The van der Waals surface area contributed by atoms with Crippen molar-refractivity contribution in [3.8, 4) is 11.8 Å². The van der Waals surface area contributed by atoms with Crippen LogP contribution in [0.15, 0.2) is 45.5 Å². The number of nitrogens with zero attached hydrogens (tertiary/aromatic N) is 1. The van der Waals surface area contributed by atoms with E-state index in [4.69, 9.17) is 19.9 Å². The van der Waals surface area contributed by atoms with Gasteiger partial charge in [0, 0.05) is 0 Å². The van der Waals surface area contributed by atoms with Gasteiger partial charge < -0.3 is 19.9 Å². The summed E-state index contributed by atoms with van der Waals surface area (Å²) in [4.78, 5) is 12.4. The highest BCUT2D eigenvalue weighted by Gasteiger charge is 2.36. The zero-order valence-corrected chi connectivity index (χ0v) is 15.1. The molecule has 1 aromatic carbocycles. The van der Waals surface area contributed by atoms with Gasteiger partial charge >= 0.3 is 5.97 Å². The molecule has 0 bridgehead atoms. The van der Waals surface area contributed by atoms with Crippen molar-refractivity contribution in [1.82, 2.24) is 0 Å². The Bertz CT molecular complexity index is 777. The van der Waals surface area contributed by atoms with Crippen LogP contribution in [0.3, 0.4) is 0 Å². The maximum absolute atomic E-state index is 12.4. The van der Waals surface area contributed by atoms with Gasteiger partial charge in [-0.25, -0.2) is 4.79 Å². The topological polar surface area (TPSA) is 94.6 Å². The molecule has 0 amide bonds. The fourth-order valence-corrected chi connectivity index (χ4v) is 3.11. The third-order valence-electron chi connectivity index (χ3n) is 3.61. The number of methoxy groups -OCH3 is 1. The molecule has 1 atom stereocenters. The third kappa shape index (κ3) is 3.24. The van der Waals surface area contributed by atoms with Gasteiger partial charge in [-0.1, -0.05) is 6.07 Å². The lowest BCUT2D eigenvalue weighted by atomic mass is 9.83. The monoisotopic (exact) mass is 392 g/mol. The molecule has 0 radical (unpaired) electrons. The first kappa shape index (κ1) is 17.9. The van der Waals surface area contributed by atoms with Gasteiger partial charge in [-0.2, -0.15) is 5.26 Å². The first-order valence-electron chi connectivity index (χ1n) is 7.23. The minimum atomic E-state index is -0.662. The molecule has 1 aliphatic heterocycles. The van der Waals surface area contributed by atoms with Crippen LogP contribution in [0.1, 0.15) is 25.3 Å². The van der Waals surface area contributed by atoms with Gasteiger partial charge in [0.2, 0.25) is 5.88 Å². The summed E-state index contributed by atoms with van der Waals surface area (Å²) in [6, 6.07) is 7.35. The van der Waals surface area contributed by atoms with Crippen molar-refractivity contribution >= 4 is 21.9 Å². The molecule has 0 fully saturated rings. The lowest BCUT2D eigenvalue weighted by Crippen LogP contribution is -2.25. The molecule has 2 rings (SSSR count). The fraction of sp³-hybridized carbons (Fsp3) is 0.294. The first-order valence-corrected chi connectivity index (χ1v) is 8.02. The van der Waals surface area contributed by atoms with E-state index in [1.165, 1.54) is 0 Å². The van der Waals surface area contributed by atoms with Gasteiger partial charge in [0.25, 0.3) is 0 Å². The lowest BCUT2D eigenvalue weighted by molar-refractivity contribution is -0.139. The average Bonchev–Trinajstić information content (AvgIpc) is 2.54. The molecule has 1 aromatic rings. The minimum Gasteiger partial charge on any atom is -0.496 e. The van der Waals surface area contributed by atoms with Crippen LogP contribution in [-0.2, 0) is 14.3 Å². The average molecular weight is 393 g/mol. The highest BCUT2D eigenvalue weighted by atomic mass is 79.9. The molecule has 2 N–H and O–H groups in total. The zero-order chi connectivity index (χ0) is 17.9. The van der Waals surface area contributed by atoms with Crippen LogP contribution in [-0.4, -0.2) is 19.7 Å². The van der Waals surface area contributed by atoms with Crippen LogP contribution >= 0.6 is 15.9 Å². The molecular weight excluding hydrogens is 376 g/mol. The molecule has 1 aliphatic rings. The van der Waals surface area contributed by atoms with Crippen molar-refractivity contribution in [1.29, 1.82) is 5.26 Å². The van der Waals surface area contributed by atoms with Crippen LogP contribution < -0.4 is 10.5 Å². The van der Waals surface area contributed by atoms with Gasteiger partial charge in [0.05, 0.1) is 29.7 Å². The molecule has 0 saturated carbocycles. The zero-order valence-electron chi connectivity index (χ0n) is 13.6. The quantitative estimate of drug-likeness (QED) is 0.790. The second kappa shape index (κ2) is 7.41. The van der Waals surface area contributed by atoms with Crippen molar-refractivity contribution in [3.05, 3.63) is 51.0 Å². The van der Waals surface area contributed by atoms with E-state index in [9.17, 15) is 10.1 Å². The maximum Gasteiger partial charge on any atom is 0.338 e. The van der Waals surface area contributed by atoms with E-state index in [0.717, 1.165) is 0 Å². The summed E-state index contributed by atoms with van der Waals surface area (Å²) in [5.74, 6) is -0.251. The fourth-order valence-electron chi connectivity index (χ4n) is 2.55. The molecule has 1 heterocycles. The Morgan fingerprint density at radius 2 is 2.21 bits per heavy atom. The Labute approximate surface area is 148 Å². The second-order valence-electron chi connectivity index (χ2n) is 5.01. The highest BCUT2D eigenvalue weighted by Crippen LogP contribution is 2.41. The molecular formula is C17H17BrN2O4. The van der Waals surface area contributed by atoms with E-state index in [0.29, 0.717) is 21.5 Å². The lowest BCUT2D eigenvalue weighted by Gasteiger charge is -2.27. The number of benzene rings is 1. The number of rotatable bonds is 4. The van der Waals surface area contributed by atoms with Gasteiger partial charge in [0.15, 0.2) is 0 Å². The number of allylic oxidation sites excluding steroid dienone is 2. The third-order valence-corrected chi connectivity index (χ3v) is 4.23. The number of nitriles is 1. The van der Waals surface area contributed by atoms with E-state index >= 15 is 0 Å². The van der Waals surface area contributed by atoms with E-state index in [2.05, 4.69) is 15.9 Å². The van der Waals surface area contributed by atoms with Crippen LogP contribution in [0.25, 0.3) is 0 Å². The molecule has 24 heavy (non-hydrogen) atoms. The number of ether oxygens (including phenoxy) is 3. The molecule has 7 heteroatoms. The molecule has 0 aliphatic carbocycles. The Hall–Kier alpha value is -2.46. The largest absolute Gasteiger partial charge is 0.496 e. The molecule has 126 valence electrons. The van der Waals surface area contributed by atoms with E-state index < -0.39 is 11.9 Å². The number of esters is 1. The Balaban J connectivity index is 2.62. The summed E-state index contributed by atoms with van der Waals surface area (Å²) in [6.07, 6.45) is 0. The van der Waals surface area contributed by atoms with Crippen molar-refractivity contribution in [2.75, 3.05) is 13.7 Å². The van der Waals surface area contributed by atoms with Crippen LogP contribution in [0, 0.1) is 11.3 Å². The minimum absolute atomic E-state index is 0.0139. The number of carbonyl (C=O) groups excluding carboxylic acids is 1. The van der Waals surface area contributed by atoms with Crippen molar-refractivity contribution < 1.29 is 19.0 Å². The number of halogens is 1. The predicted octanol–water partition coefficient (Wildman–Crippen LogP) is 3.10. The summed E-state index contributed by atoms with van der Waals surface area (Å²) in [5, 5.41) is 9.50. The number of hydrogen-bond acceptors (Lipinski definition) is 6. The van der Waals surface area contributed by atoms with Crippen molar-refractivity contribution in [2.45, 2.75) is 19.8 Å². The smallest absolute Gasteiger partial charge is 0.338 e. The van der Waals surface area contributed by atoms with E-state index in [-0.39, 0.29) is 23.6 Å². The van der Waals surface area contributed by atoms with Crippen molar-refractivity contribution in [3.63, 3.8) is 0 Å². The standard InChI is InChI=1S/C17H17BrN2O4/c1-4-23-17(21)14-9(2)24-16(20)11(8-19)15(14)10-5-6-13(22-3)12(18)7-10/h5-7,15H,4,20H2,1-3H3/t15-/m0/s1. The summed E-state index contributed by atoms with van der Waals surface area (Å²) < 4.78 is 16.4. The van der Waals surface area contributed by atoms with Crippen LogP contribution in [0.2, 0.25) is 0 Å². The maximum atomic E-state index is 12.4. The van der Waals surface area contributed by atoms with Crippen molar-refractivity contribution in [2.24, 2.45) is 5.73 Å². The Morgan fingerprint density at radius 3 is 2.75 bits per heavy atom. The van der Waals surface area contributed by atoms with E-state index in [1.807, 2.05) is 6.07 Å². The number of hydrogen-bond donors (Lipinski definition) is 1. The SMILES string of the molecule is CCOC(=O)C1=C(C)OC(N)=C(C#N)[C@@H]1c1ccc(OC)c(Br)c1. The van der Waals surface area contributed by atoms with Gasteiger partial charge in [0.1, 0.15) is 23.2 Å². The first-order chi connectivity index (χ1) is 11.4. The van der Waals surface area contributed by atoms with Crippen LogP contribution in [0.4, 0.5) is 0 Å². The molecule has 0 spiro atoms. The molecule has 0 saturated heterocycles. The molecule has 0 unspecified atom stereocenters. The van der Waals surface area contributed by atoms with Gasteiger partial charge in [-0.15, -0.1) is 0 Å². The summed E-state index contributed by atoms with van der Waals surface area (Å²) >= 11 is 3.42. The predicted molar refractivity (Wildman–Crippen MR) is 90.7 cm³/mol. The van der Waals surface area contributed by atoms with Gasteiger partial charge in [-0.3, -0.25) is 0 Å². The summed E-state index contributed by atoms with van der Waals surface area (Å²) in [5.41, 5.74) is 6.98. The Kier molecular flexibility index (Phi) is 5.52. The van der Waals surface area contributed by atoms with Crippen LogP contribution in [0.5, 0.6) is 5.75 Å². The summed E-state index contributed by atoms with van der Waals surface area (Å²) in [7, 11) is 1.56. The second-order valence-corrected chi connectivity index (χ2v) is 5.86. The number of nitrogens with two attached hydrogens (primary N) is 1. The normalized spacial score (nSPS) is 17.2.